The topological polar surface area (TPSA) is 97.0 Å². The van der Waals surface area contributed by atoms with E-state index in [1.54, 1.807) is 54.3 Å². The van der Waals surface area contributed by atoms with Gasteiger partial charge < -0.3 is 25.0 Å². The van der Waals surface area contributed by atoms with Gasteiger partial charge in [0.2, 0.25) is 0 Å². The molecular formula is C25H23N3O5S. The zero-order chi connectivity index (χ0) is 23.7. The molecule has 0 saturated heterocycles. The van der Waals surface area contributed by atoms with E-state index in [2.05, 4.69) is 10.6 Å². The van der Waals surface area contributed by atoms with E-state index in [4.69, 9.17) is 9.47 Å². The number of anilines is 1. The van der Waals surface area contributed by atoms with Crippen molar-refractivity contribution in [3.05, 3.63) is 81.7 Å². The van der Waals surface area contributed by atoms with Crippen LogP contribution in [0.3, 0.4) is 0 Å². The molecule has 2 amide bonds. The van der Waals surface area contributed by atoms with Crippen molar-refractivity contribution in [1.29, 1.82) is 0 Å². The number of carbonyl (C=O) groups excluding carboxylic acids is 3. The number of rotatable bonds is 4. The van der Waals surface area contributed by atoms with Crippen molar-refractivity contribution in [1.82, 2.24) is 10.2 Å². The van der Waals surface area contributed by atoms with Crippen molar-refractivity contribution >= 4 is 34.3 Å². The van der Waals surface area contributed by atoms with Gasteiger partial charge in [0.25, 0.3) is 5.91 Å². The quantitative estimate of drug-likeness (QED) is 0.429. The van der Waals surface area contributed by atoms with Gasteiger partial charge in [0.1, 0.15) is 16.9 Å². The Kier molecular flexibility index (Phi) is 5.93. The van der Waals surface area contributed by atoms with Crippen LogP contribution in [-0.2, 0) is 17.7 Å². The molecule has 0 saturated carbocycles. The molecule has 34 heavy (non-hydrogen) atoms. The highest BCUT2D eigenvalue weighted by atomic mass is 32.1. The fourth-order valence-corrected chi connectivity index (χ4v) is 5.44. The zero-order valence-electron chi connectivity index (χ0n) is 18.5. The maximum atomic E-state index is 13.0. The van der Waals surface area contributed by atoms with Crippen molar-refractivity contribution in [3.63, 3.8) is 0 Å². The highest BCUT2D eigenvalue weighted by Gasteiger charge is 2.34. The van der Waals surface area contributed by atoms with Crippen molar-refractivity contribution in [2.45, 2.75) is 26.1 Å². The Labute approximate surface area is 200 Å². The molecule has 2 aliphatic heterocycles. The van der Waals surface area contributed by atoms with E-state index in [1.165, 1.54) is 11.3 Å². The molecule has 0 aliphatic carbocycles. The average Bonchev–Trinajstić information content (AvgIpc) is 3.23. The van der Waals surface area contributed by atoms with Crippen LogP contribution in [0.2, 0.25) is 0 Å². The van der Waals surface area contributed by atoms with Crippen molar-refractivity contribution in [2.75, 3.05) is 18.5 Å². The van der Waals surface area contributed by atoms with Gasteiger partial charge in [-0.25, -0.2) is 9.59 Å². The Morgan fingerprint density at radius 2 is 1.94 bits per heavy atom. The van der Waals surface area contributed by atoms with Gasteiger partial charge in [-0.3, -0.25) is 4.79 Å². The number of esters is 1. The lowest BCUT2D eigenvalue weighted by molar-refractivity contribution is 0.0733. The number of ether oxygens (including phenoxy) is 2. The number of nitrogens with zero attached hydrogens (tertiary/aromatic N) is 1. The molecule has 0 spiro atoms. The number of thiophene rings is 1. The highest BCUT2D eigenvalue weighted by molar-refractivity contribution is 7.16. The van der Waals surface area contributed by atoms with E-state index in [0.717, 1.165) is 21.0 Å². The van der Waals surface area contributed by atoms with E-state index >= 15 is 0 Å². The number of carbonyl (C=O) groups is 3. The van der Waals surface area contributed by atoms with Gasteiger partial charge in [0, 0.05) is 11.4 Å². The minimum atomic E-state index is -0.475. The lowest BCUT2D eigenvalue weighted by Gasteiger charge is -2.28. The predicted octanol–water partition coefficient (Wildman–Crippen LogP) is 4.34. The SMILES string of the molecule is CCOC(=O)N1CCc2c(sc3c2C(=O)N[C@@H](c2cccc(OC(=O)c4ccccc4)c2)N3)C1. The lowest BCUT2D eigenvalue weighted by atomic mass is 10.0. The molecule has 8 nitrogen and oxygen atoms in total. The molecule has 1 aromatic heterocycles. The largest absolute Gasteiger partial charge is 0.450 e. The first-order valence-corrected chi connectivity index (χ1v) is 11.9. The van der Waals surface area contributed by atoms with E-state index in [1.807, 2.05) is 12.1 Å². The molecule has 3 aromatic rings. The Hall–Kier alpha value is -3.85. The summed E-state index contributed by atoms with van der Waals surface area (Å²) in [5.74, 6) is -0.214. The molecule has 2 N–H and O–H groups in total. The molecule has 5 rings (SSSR count). The summed E-state index contributed by atoms with van der Waals surface area (Å²) in [5.41, 5.74) is 2.85. The molecule has 0 radical (unpaired) electrons. The van der Waals surface area contributed by atoms with Crippen LogP contribution < -0.4 is 15.4 Å². The first-order valence-electron chi connectivity index (χ1n) is 11.0. The summed E-state index contributed by atoms with van der Waals surface area (Å²) >= 11 is 1.48. The fourth-order valence-electron chi connectivity index (χ4n) is 4.15. The molecule has 3 heterocycles. The Balaban J connectivity index is 1.34. The standard InChI is InChI=1S/C25H23N3O5S/c1-2-32-25(31)28-12-11-18-19(14-28)34-23-20(18)22(29)26-21(27-23)16-9-6-10-17(13-16)33-24(30)15-7-4-3-5-8-15/h3-10,13,21,27H,2,11-12,14H2,1H3,(H,26,29)/t21-/m1/s1. The smallest absolute Gasteiger partial charge is 0.410 e. The van der Waals surface area contributed by atoms with Gasteiger partial charge in [-0.15, -0.1) is 11.3 Å². The molecule has 9 heteroatoms. The molecule has 2 aromatic carbocycles. The van der Waals surface area contributed by atoms with Crippen LogP contribution in [0.5, 0.6) is 5.75 Å². The Bertz CT molecular complexity index is 1260. The second-order valence-corrected chi connectivity index (χ2v) is 9.06. The summed E-state index contributed by atoms with van der Waals surface area (Å²) < 4.78 is 10.6. The van der Waals surface area contributed by atoms with Gasteiger partial charge in [0.05, 0.1) is 24.3 Å². The van der Waals surface area contributed by atoms with Crippen LogP contribution in [0.1, 0.15) is 49.8 Å². The normalized spacial score (nSPS) is 16.6. The number of benzene rings is 2. The van der Waals surface area contributed by atoms with E-state index < -0.39 is 12.1 Å². The molecule has 174 valence electrons. The summed E-state index contributed by atoms with van der Waals surface area (Å²) in [5, 5.41) is 7.17. The highest BCUT2D eigenvalue weighted by Crippen LogP contribution is 2.41. The Morgan fingerprint density at radius 3 is 2.74 bits per heavy atom. The molecular weight excluding hydrogens is 454 g/mol. The average molecular weight is 478 g/mol. The summed E-state index contributed by atoms with van der Waals surface area (Å²) in [7, 11) is 0. The monoisotopic (exact) mass is 477 g/mol. The second kappa shape index (κ2) is 9.18. The molecule has 0 unspecified atom stereocenters. The minimum absolute atomic E-state index is 0.160. The molecule has 0 bridgehead atoms. The van der Waals surface area contributed by atoms with Crippen LogP contribution >= 0.6 is 11.3 Å². The summed E-state index contributed by atoms with van der Waals surface area (Å²) in [6.07, 6.45) is -0.210. The minimum Gasteiger partial charge on any atom is -0.450 e. The number of hydrogen-bond donors (Lipinski definition) is 2. The maximum Gasteiger partial charge on any atom is 0.410 e. The third kappa shape index (κ3) is 4.22. The number of hydrogen-bond acceptors (Lipinski definition) is 7. The van der Waals surface area contributed by atoms with Crippen LogP contribution in [0.15, 0.2) is 54.6 Å². The number of amides is 2. The third-order valence-corrected chi connectivity index (χ3v) is 6.92. The molecule has 2 aliphatic rings. The van der Waals surface area contributed by atoms with E-state index in [-0.39, 0.29) is 12.0 Å². The van der Waals surface area contributed by atoms with Gasteiger partial charge >= 0.3 is 12.1 Å². The van der Waals surface area contributed by atoms with Crippen molar-refractivity contribution in [2.24, 2.45) is 0 Å². The third-order valence-electron chi connectivity index (χ3n) is 5.77. The van der Waals surface area contributed by atoms with Crippen LogP contribution in [0, 0.1) is 0 Å². The van der Waals surface area contributed by atoms with Crippen molar-refractivity contribution in [3.8, 4) is 5.75 Å². The van der Waals surface area contributed by atoms with Gasteiger partial charge in [-0.2, -0.15) is 0 Å². The van der Waals surface area contributed by atoms with Gasteiger partial charge in [-0.1, -0.05) is 30.3 Å². The van der Waals surface area contributed by atoms with Crippen LogP contribution in [0.25, 0.3) is 0 Å². The first kappa shape index (κ1) is 22.0. The number of nitrogens with one attached hydrogen (secondary N) is 2. The first-order chi connectivity index (χ1) is 16.5. The van der Waals surface area contributed by atoms with Crippen LogP contribution in [-0.4, -0.2) is 36.0 Å². The predicted molar refractivity (Wildman–Crippen MR) is 127 cm³/mol. The van der Waals surface area contributed by atoms with Crippen molar-refractivity contribution < 1.29 is 23.9 Å². The summed E-state index contributed by atoms with van der Waals surface area (Å²) in [6, 6.07) is 15.9. The van der Waals surface area contributed by atoms with Crippen LogP contribution in [0.4, 0.5) is 9.80 Å². The van der Waals surface area contributed by atoms with Gasteiger partial charge in [-0.05, 0) is 48.7 Å². The van der Waals surface area contributed by atoms with E-state index in [9.17, 15) is 14.4 Å². The molecule has 0 fully saturated rings. The molecule has 1 atom stereocenters. The summed E-state index contributed by atoms with van der Waals surface area (Å²) in [6.45, 7) is 3.05. The maximum absolute atomic E-state index is 13.0. The second-order valence-electron chi connectivity index (χ2n) is 7.96. The fraction of sp³-hybridized carbons (Fsp3) is 0.240. The zero-order valence-corrected chi connectivity index (χ0v) is 19.3. The van der Waals surface area contributed by atoms with E-state index in [0.29, 0.717) is 43.0 Å². The van der Waals surface area contributed by atoms with Gasteiger partial charge in [0.15, 0.2) is 0 Å². The lowest BCUT2D eigenvalue weighted by Crippen LogP contribution is -2.39. The summed E-state index contributed by atoms with van der Waals surface area (Å²) in [4.78, 5) is 40.2. The number of fused-ring (bicyclic) bond motifs is 3. The Morgan fingerprint density at radius 1 is 1.12 bits per heavy atom.